The van der Waals surface area contributed by atoms with E-state index in [2.05, 4.69) is 15.6 Å². The van der Waals surface area contributed by atoms with E-state index in [1.165, 1.54) is 18.2 Å². The van der Waals surface area contributed by atoms with Crippen molar-refractivity contribution in [1.29, 1.82) is 0 Å². The predicted octanol–water partition coefficient (Wildman–Crippen LogP) is 3.18. The number of guanidine groups is 1. The lowest BCUT2D eigenvalue weighted by molar-refractivity contribution is 0.0888. The second-order valence-electron chi connectivity index (χ2n) is 7.42. The minimum Gasteiger partial charge on any atom is -0.381 e. The summed E-state index contributed by atoms with van der Waals surface area (Å²) in [6.45, 7) is 6.66. The summed E-state index contributed by atoms with van der Waals surface area (Å²) in [5, 5.41) is 6.42. The first kappa shape index (κ1) is 27.0. The lowest BCUT2D eigenvalue weighted by Crippen LogP contribution is -2.39. The highest BCUT2D eigenvalue weighted by atomic mass is 127. The monoisotopic (exact) mass is 540 g/mol. The average molecular weight is 540 g/mol. The van der Waals surface area contributed by atoms with Crippen molar-refractivity contribution in [1.82, 2.24) is 15.5 Å². The first-order valence-corrected chi connectivity index (χ1v) is 10.3. The molecule has 2 N–H and O–H groups in total. The minimum absolute atomic E-state index is 0. The molecular formula is C21H35F2IN4O2. The van der Waals surface area contributed by atoms with Gasteiger partial charge < -0.3 is 25.0 Å². The van der Waals surface area contributed by atoms with Crippen LogP contribution in [0.25, 0.3) is 0 Å². The van der Waals surface area contributed by atoms with Crippen LogP contribution in [0, 0.1) is 17.6 Å². The van der Waals surface area contributed by atoms with E-state index in [4.69, 9.17) is 9.47 Å². The third kappa shape index (κ3) is 8.99. The molecule has 172 valence electrons. The number of rotatable bonds is 11. The number of likely N-dealkylation sites (N-methyl/N-ethyl adjacent to an activating group) is 1. The van der Waals surface area contributed by atoms with Gasteiger partial charge in [-0.05, 0) is 46.0 Å². The van der Waals surface area contributed by atoms with Crippen molar-refractivity contribution < 1.29 is 18.3 Å². The molecule has 0 amide bonds. The molecule has 9 heteroatoms. The zero-order valence-corrected chi connectivity index (χ0v) is 20.5. The summed E-state index contributed by atoms with van der Waals surface area (Å²) in [7, 11) is 3.58. The zero-order chi connectivity index (χ0) is 21.1. The number of benzene rings is 1. The van der Waals surface area contributed by atoms with Crippen LogP contribution in [0.4, 0.5) is 8.78 Å². The van der Waals surface area contributed by atoms with Crippen LogP contribution in [-0.2, 0) is 9.47 Å². The number of aliphatic imine (C=N–C) groups is 1. The number of ether oxygens (including phenoxy) is 2. The van der Waals surface area contributed by atoms with Crippen LogP contribution in [-0.4, -0.2) is 71.0 Å². The molecule has 30 heavy (non-hydrogen) atoms. The van der Waals surface area contributed by atoms with Gasteiger partial charge in [-0.25, -0.2) is 8.78 Å². The highest BCUT2D eigenvalue weighted by molar-refractivity contribution is 14.0. The fourth-order valence-corrected chi connectivity index (χ4v) is 3.21. The molecule has 1 aromatic carbocycles. The number of nitrogens with zero attached hydrogens (tertiary/aromatic N) is 2. The first-order chi connectivity index (χ1) is 14.0. The minimum atomic E-state index is -0.554. The number of hydrogen-bond acceptors (Lipinski definition) is 4. The number of halogens is 3. The Labute approximate surface area is 195 Å². The summed E-state index contributed by atoms with van der Waals surface area (Å²) < 4.78 is 39.4. The van der Waals surface area contributed by atoms with Gasteiger partial charge in [-0.2, -0.15) is 0 Å². The third-order valence-corrected chi connectivity index (χ3v) is 4.86. The van der Waals surface area contributed by atoms with Crippen molar-refractivity contribution in [2.75, 3.05) is 60.2 Å². The van der Waals surface area contributed by atoms with Crippen LogP contribution in [0.2, 0.25) is 0 Å². The van der Waals surface area contributed by atoms with Gasteiger partial charge in [0, 0.05) is 37.8 Å². The predicted molar refractivity (Wildman–Crippen MR) is 127 cm³/mol. The van der Waals surface area contributed by atoms with Gasteiger partial charge in [-0.3, -0.25) is 4.99 Å². The SMILES string of the molecule is CCNC(=NCC(c1c(F)cccc1F)N(C)C)NCCCOCC1CCOC1.I. The van der Waals surface area contributed by atoms with Gasteiger partial charge in [0.1, 0.15) is 11.6 Å². The van der Waals surface area contributed by atoms with Crippen molar-refractivity contribution >= 4 is 29.9 Å². The Morgan fingerprint density at radius 1 is 1.30 bits per heavy atom. The molecule has 2 unspecified atom stereocenters. The molecule has 0 spiro atoms. The van der Waals surface area contributed by atoms with Gasteiger partial charge in [0.25, 0.3) is 0 Å². The van der Waals surface area contributed by atoms with Crippen molar-refractivity contribution in [3.05, 3.63) is 35.4 Å². The molecule has 2 rings (SSSR count). The maximum atomic E-state index is 14.2. The second-order valence-corrected chi connectivity index (χ2v) is 7.42. The summed E-state index contributed by atoms with van der Waals surface area (Å²) in [5.41, 5.74) is 0.0430. The molecule has 0 bridgehead atoms. The zero-order valence-electron chi connectivity index (χ0n) is 18.1. The molecule has 1 aromatic rings. The maximum absolute atomic E-state index is 14.2. The van der Waals surface area contributed by atoms with Crippen LogP contribution in [0.1, 0.15) is 31.4 Å². The molecule has 6 nitrogen and oxygen atoms in total. The fraction of sp³-hybridized carbons (Fsp3) is 0.667. The Hall–Kier alpha value is -1.04. The van der Waals surface area contributed by atoms with Gasteiger partial charge in [0.15, 0.2) is 5.96 Å². The highest BCUT2D eigenvalue weighted by Gasteiger charge is 2.22. The van der Waals surface area contributed by atoms with Crippen LogP contribution in [0.5, 0.6) is 0 Å². The number of hydrogen-bond donors (Lipinski definition) is 2. The molecule has 2 atom stereocenters. The number of nitrogens with one attached hydrogen (secondary N) is 2. The lowest BCUT2D eigenvalue weighted by Gasteiger charge is -2.24. The van der Waals surface area contributed by atoms with Crippen LogP contribution >= 0.6 is 24.0 Å². The molecule has 1 fully saturated rings. The van der Waals surface area contributed by atoms with Gasteiger partial charge >= 0.3 is 0 Å². The van der Waals surface area contributed by atoms with E-state index in [0.29, 0.717) is 31.6 Å². The van der Waals surface area contributed by atoms with Gasteiger partial charge in [-0.15, -0.1) is 24.0 Å². The Morgan fingerprint density at radius 3 is 2.63 bits per heavy atom. The molecule has 0 aliphatic carbocycles. The first-order valence-electron chi connectivity index (χ1n) is 10.3. The quantitative estimate of drug-likeness (QED) is 0.196. The summed E-state index contributed by atoms with van der Waals surface area (Å²) in [4.78, 5) is 6.31. The van der Waals surface area contributed by atoms with Crippen molar-refractivity contribution in [3.63, 3.8) is 0 Å². The molecule has 0 aromatic heterocycles. The standard InChI is InChI=1S/C21H34F2N4O2.HI/c1-4-24-21(25-10-6-11-28-14-16-9-12-29-15-16)26-13-19(27(2)3)20-17(22)7-5-8-18(20)23;/h5,7-8,16,19H,4,6,9-15H2,1-3H3,(H2,24,25,26);1H. The summed E-state index contributed by atoms with van der Waals surface area (Å²) >= 11 is 0. The maximum Gasteiger partial charge on any atom is 0.191 e. The largest absolute Gasteiger partial charge is 0.381 e. The van der Waals surface area contributed by atoms with Gasteiger partial charge in [0.2, 0.25) is 0 Å². The Morgan fingerprint density at radius 2 is 2.03 bits per heavy atom. The fourth-order valence-electron chi connectivity index (χ4n) is 3.21. The summed E-state index contributed by atoms with van der Waals surface area (Å²) in [6, 6.07) is 3.43. The van der Waals surface area contributed by atoms with Crippen molar-refractivity contribution in [2.24, 2.45) is 10.9 Å². The smallest absolute Gasteiger partial charge is 0.191 e. The molecule has 0 radical (unpaired) electrons. The van der Waals surface area contributed by atoms with Crippen molar-refractivity contribution in [2.45, 2.75) is 25.8 Å². The highest BCUT2D eigenvalue weighted by Crippen LogP contribution is 2.24. The summed E-state index contributed by atoms with van der Waals surface area (Å²) in [6.07, 6.45) is 1.92. The average Bonchev–Trinajstić information content (AvgIpc) is 3.19. The summed E-state index contributed by atoms with van der Waals surface area (Å²) in [5.74, 6) is 0.0345. The Kier molecular flexibility index (Phi) is 13.4. The second kappa shape index (κ2) is 14.9. The van der Waals surface area contributed by atoms with E-state index in [0.717, 1.165) is 32.7 Å². The third-order valence-electron chi connectivity index (χ3n) is 4.86. The molecule has 1 aliphatic heterocycles. The van der Waals surface area contributed by atoms with E-state index < -0.39 is 17.7 Å². The van der Waals surface area contributed by atoms with Crippen LogP contribution in [0.3, 0.4) is 0 Å². The van der Waals surface area contributed by atoms with Crippen LogP contribution in [0.15, 0.2) is 23.2 Å². The van der Waals surface area contributed by atoms with E-state index >= 15 is 0 Å². The molecule has 0 saturated carbocycles. The topological polar surface area (TPSA) is 58.1 Å². The van der Waals surface area contributed by atoms with E-state index in [1.807, 2.05) is 6.92 Å². The normalized spacial score (nSPS) is 17.7. The Balaban J connectivity index is 0.00000450. The van der Waals surface area contributed by atoms with E-state index in [9.17, 15) is 8.78 Å². The van der Waals surface area contributed by atoms with Crippen molar-refractivity contribution in [3.8, 4) is 0 Å². The van der Waals surface area contributed by atoms with Gasteiger partial charge in [0.05, 0.1) is 25.8 Å². The molecule has 1 aliphatic rings. The van der Waals surface area contributed by atoms with Crippen LogP contribution < -0.4 is 10.6 Å². The van der Waals surface area contributed by atoms with Gasteiger partial charge in [-0.1, -0.05) is 6.07 Å². The Bertz CT molecular complexity index is 623. The van der Waals surface area contributed by atoms with E-state index in [-0.39, 0.29) is 36.1 Å². The molecule has 1 heterocycles. The molecule has 1 saturated heterocycles. The van der Waals surface area contributed by atoms with E-state index in [1.54, 1.807) is 19.0 Å². The lowest BCUT2D eigenvalue weighted by atomic mass is 10.0. The molecular weight excluding hydrogens is 505 g/mol.